The van der Waals surface area contributed by atoms with Crippen molar-refractivity contribution in [3.05, 3.63) is 78.9 Å². The number of phenolic OH excluding ortho intramolecular Hbond substituents is 1. The van der Waals surface area contributed by atoms with Crippen molar-refractivity contribution in [2.45, 2.75) is 11.8 Å². The van der Waals surface area contributed by atoms with Gasteiger partial charge in [0.1, 0.15) is 11.5 Å². The normalized spacial score (nSPS) is 10.9. The molecule has 0 unspecified atom stereocenters. The number of rotatable bonds is 8. The number of para-hydroxylation sites is 2. The SMILES string of the molecule is O=C(CSc1nnc(-c2ccccc2O)n1-c1ccccc1)Nc1ccc(OC(F)F)cc1. The van der Waals surface area contributed by atoms with Crippen molar-refractivity contribution in [2.24, 2.45) is 0 Å². The Labute approximate surface area is 192 Å². The number of anilines is 1. The first-order chi connectivity index (χ1) is 16.0. The summed E-state index contributed by atoms with van der Waals surface area (Å²) in [6.07, 6.45) is 0. The van der Waals surface area contributed by atoms with Crippen LogP contribution < -0.4 is 10.1 Å². The van der Waals surface area contributed by atoms with Crippen molar-refractivity contribution in [3.63, 3.8) is 0 Å². The molecular weight excluding hydrogens is 450 g/mol. The number of benzene rings is 3. The van der Waals surface area contributed by atoms with Crippen LogP contribution in [-0.2, 0) is 4.79 Å². The minimum absolute atomic E-state index is 0.00466. The lowest BCUT2D eigenvalue weighted by Crippen LogP contribution is -2.14. The van der Waals surface area contributed by atoms with Crippen molar-refractivity contribution >= 4 is 23.4 Å². The Hall–Kier alpha value is -3.92. The molecule has 0 aliphatic carbocycles. The van der Waals surface area contributed by atoms with Gasteiger partial charge >= 0.3 is 6.61 Å². The Bertz CT molecular complexity index is 1230. The lowest BCUT2D eigenvalue weighted by molar-refractivity contribution is -0.113. The Morgan fingerprint density at radius 2 is 1.70 bits per heavy atom. The van der Waals surface area contributed by atoms with Gasteiger partial charge in [0.2, 0.25) is 5.91 Å². The molecule has 0 aliphatic rings. The summed E-state index contributed by atoms with van der Waals surface area (Å²) in [5.41, 5.74) is 1.73. The predicted molar refractivity (Wildman–Crippen MR) is 121 cm³/mol. The largest absolute Gasteiger partial charge is 0.507 e. The molecule has 0 spiro atoms. The van der Waals surface area contributed by atoms with Gasteiger partial charge in [-0.05, 0) is 48.5 Å². The van der Waals surface area contributed by atoms with Crippen molar-refractivity contribution in [2.75, 3.05) is 11.1 Å². The quantitative estimate of drug-likeness (QED) is 0.355. The van der Waals surface area contributed by atoms with E-state index in [2.05, 4.69) is 20.3 Å². The molecule has 0 atom stereocenters. The average molecular weight is 468 g/mol. The molecule has 10 heteroatoms. The Morgan fingerprint density at radius 3 is 2.39 bits per heavy atom. The number of nitrogens with zero attached hydrogens (tertiary/aromatic N) is 3. The molecule has 0 aliphatic heterocycles. The molecule has 0 saturated heterocycles. The van der Waals surface area contributed by atoms with E-state index in [9.17, 15) is 18.7 Å². The number of carbonyl (C=O) groups excluding carboxylic acids is 1. The molecule has 0 saturated carbocycles. The van der Waals surface area contributed by atoms with Crippen LogP contribution in [0.3, 0.4) is 0 Å². The number of phenols is 1. The van der Waals surface area contributed by atoms with Crippen LogP contribution in [0.25, 0.3) is 17.1 Å². The summed E-state index contributed by atoms with van der Waals surface area (Å²) in [6, 6.07) is 21.8. The number of aromatic nitrogens is 3. The van der Waals surface area contributed by atoms with Crippen LogP contribution in [0, 0.1) is 0 Å². The number of carbonyl (C=O) groups is 1. The van der Waals surface area contributed by atoms with Gasteiger partial charge in [0, 0.05) is 11.4 Å². The van der Waals surface area contributed by atoms with Crippen LogP contribution in [0.4, 0.5) is 14.5 Å². The van der Waals surface area contributed by atoms with E-state index in [1.807, 2.05) is 30.3 Å². The number of alkyl halides is 2. The second kappa shape index (κ2) is 10.1. The molecule has 168 valence electrons. The van der Waals surface area contributed by atoms with Gasteiger partial charge in [-0.2, -0.15) is 8.78 Å². The lowest BCUT2D eigenvalue weighted by Gasteiger charge is -2.11. The molecule has 0 radical (unpaired) electrons. The van der Waals surface area contributed by atoms with E-state index in [1.54, 1.807) is 28.8 Å². The van der Waals surface area contributed by atoms with E-state index >= 15 is 0 Å². The highest BCUT2D eigenvalue weighted by Gasteiger charge is 2.19. The molecule has 33 heavy (non-hydrogen) atoms. The predicted octanol–water partition coefficient (Wildman–Crippen LogP) is 4.97. The number of hydrogen-bond acceptors (Lipinski definition) is 6. The zero-order valence-electron chi connectivity index (χ0n) is 17.1. The van der Waals surface area contributed by atoms with Crippen molar-refractivity contribution in [3.8, 4) is 28.6 Å². The molecule has 4 aromatic rings. The van der Waals surface area contributed by atoms with E-state index in [-0.39, 0.29) is 23.2 Å². The molecule has 0 bridgehead atoms. The minimum atomic E-state index is -2.91. The van der Waals surface area contributed by atoms with E-state index < -0.39 is 6.61 Å². The first-order valence-electron chi connectivity index (χ1n) is 9.78. The van der Waals surface area contributed by atoms with E-state index in [1.165, 1.54) is 36.0 Å². The summed E-state index contributed by atoms with van der Waals surface area (Å²) < 4.78 is 30.6. The number of halogens is 2. The van der Waals surface area contributed by atoms with E-state index in [0.29, 0.717) is 22.2 Å². The average Bonchev–Trinajstić information content (AvgIpc) is 3.23. The van der Waals surface area contributed by atoms with Gasteiger partial charge in [-0.1, -0.05) is 42.1 Å². The number of ether oxygens (including phenoxy) is 1. The van der Waals surface area contributed by atoms with Crippen LogP contribution in [0.15, 0.2) is 84.0 Å². The third kappa shape index (κ3) is 5.47. The van der Waals surface area contributed by atoms with Gasteiger partial charge < -0.3 is 15.2 Å². The Balaban J connectivity index is 1.51. The molecule has 1 aromatic heterocycles. The summed E-state index contributed by atoms with van der Waals surface area (Å²) in [5, 5.41) is 21.9. The van der Waals surface area contributed by atoms with Crippen LogP contribution in [0.2, 0.25) is 0 Å². The van der Waals surface area contributed by atoms with Gasteiger partial charge in [0.15, 0.2) is 11.0 Å². The fraction of sp³-hybridized carbons (Fsp3) is 0.0870. The smallest absolute Gasteiger partial charge is 0.387 e. The monoisotopic (exact) mass is 468 g/mol. The lowest BCUT2D eigenvalue weighted by atomic mass is 10.2. The zero-order valence-corrected chi connectivity index (χ0v) is 17.9. The molecular formula is C23H18F2N4O3S. The second-order valence-electron chi connectivity index (χ2n) is 6.73. The maximum Gasteiger partial charge on any atom is 0.387 e. The van der Waals surface area contributed by atoms with Gasteiger partial charge in [0.25, 0.3) is 0 Å². The van der Waals surface area contributed by atoms with Crippen LogP contribution >= 0.6 is 11.8 Å². The van der Waals surface area contributed by atoms with E-state index in [4.69, 9.17) is 0 Å². The highest BCUT2D eigenvalue weighted by atomic mass is 32.2. The first kappa shape index (κ1) is 22.3. The van der Waals surface area contributed by atoms with Crippen molar-refractivity contribution in [1.29, 1.82) is 0 Å². The number of nitrogens with one attached hydrogen (secondary N) is 1. The number of amides is 1. The standard InChI is InChI=1S/C23H18F2N4O3S/c24-22(25)32-17-12-10-15(11-13-17)26-20(31)14-33-23-28-27-21(18-8-4-5-9-19(18)30)29(23)16-6-2-1-3-7-16/h1-13,22,30H,14H2,(H,26,31). The van der Waals surface area contributed by atoms with Crippen molar-refractivity contribution in [1.82, 2.24) is 14.8 Å². The minimum Gasteiger partial charge on any atom is -0.507 e. The van der Waals surface area contributed by atoms with Gasteiger partial charge in [-0.3, -0.25) is 9.36 Å². The fourth-order valence-corrected chi connectivity index (χ4v) is 3.81. The number of thioether (sulfide) groups is 1. The Kier molecular flexibility index (Phi) is 6.84. The molecule has 1 amide bonds. The summed E-state index contributed by atoms with van der Waals surface area (Å²) in [7, 11) is 0. The van der Waals surface area contributed by atoms with Crippen LogP contribution in [0.1, 0.15) is 0 Å². The summed E-state index contributed by atoms with van der Waals surface area (Å²) in [6.45, 7) is -2.91. The second-order valence-corrected chi connectivity index (χ2v) is 7.68. The molecule has 2 N–H and O–H groups in total. The molecule has 3 aromatic carbocycles. The van der Waals surface area contributed by atoms with Crippen molar-refractivity contribution < 1.29 is 23.4 Å². The summed E-state index contributed by atoms with van der Waals surface area (Å²) in [5.74, 6) is 0.229. The molecule has 1 heterocycles. The van der Waals surface area contributed by atoms with Crippen LogP contribution in [-0.4, -0.2) is 38.1 Å². The highest BCUT2D eigenvalue weighted by Crippen LogP contribution is 2.32. The summed E-state index contributed by atoms with van der Waals surface area (Å²) in [4.78, 5) is 12.4. The highest BCUT2D eigenvalue weighted by molar-refractivity contribution is 7.99. The summed E-state index contributed by atoms with van der Waals surface area (Å²) >= 11 is 1.17. The van der Waals surface area contributed by atoms with E-state index in [0.717, 1.165) is 5.69 Å². The molecule has 7 nitrogen and oxygen atoms in total. The number of hydrogen-bond donors (Lipinski definition) is 2. The third-order valence-electron chi connectivity index (χ3n) is 4.49. The molecule has 0 fully saturated rings. The fourth-order valence-electron chi connectivity index (χ4n) is 3.06. The van der Waals surface area contributed by atoms with Crippen LogP contribution in [0.5, 0.6) is 11.5 Å². The maximum absolute atomic E-state index is 12.4. The van der Waals surface area contributed by atoms with Gasteiger partial charge in [-0.25, -0.2) is 0 Å². The third-order valence-corrected chi connectivity index (χ3v) is 5.42. The Morgan fingerprint density at radius 1 is 1.00 bits per heavy atom. The van der Waals surface area contributed by atoms with Gasteiger partial charge in [-0.15, -0.1) is 10.2 Å². The zero-order chi connectivity index (χ0) is 23.2. The topological polar surface area (TPSA) is 89.3 Å². The number of aromatic hydroxyl groups is 1. The molecule has 4 rings (SSSR count). The first-order valence-corrected chi connectivity index (χ1v) is 10.8. The maximum atomic E-state index is 12.4. The van der Waals surface area contributed by atoms with Gasteiger partial charge in [0.05, 0.1) is 11.3 Å².